The van der Waals surface area contributed by atoms with Crippen molar-refractivity contribution in [3.63, 3.8) is 0 Å². The Morgan fingerprint density at radius 1 is 1.16 bits per heavy atom. The van der Waals surface area contributed by atoms with Crippen LogP contribution in [0, 0.1) is 0 Å². The van der Waals surface area contributed by atoms with Gasteiger partial charge in [-0.15, -0.1) is 0 Å². The molecule has 0 saturated carbocycles. The summed E-state index contributed by atoms with van der Waals surface area (Å²) in [6.07, 6.45) is -3.38. The van der Waals surface area contributed by atoms with Crippen LogP contribution in [0.2, 0.25) is 0 Å². The van der Waals surface area contributed by atoms with Gasteiger partial charge >= 0.3 is 6.18 Å². The van der Waals surface area contributed by atoms with Crippen molar-refractivity contribution in [2.45, 2.75) is 13.1 Å². The lowest BCUT2D eigenvalue weighted by Crippen LogP contribution is -2.12. The molecule has 2 rings (SSSR count). The van der Waals surface area contributed by atoms with Gasteiger partial charge in [0.25, 0.3) is 0 Å². The van der Waals surface area contributed by atoms with E-state index in [1.54, 1.807) is 0 Å². The Morgan fingerprint density at radius 2 is 1.88 bits per heavy atom. The number of hydrogen-bond donors (Lipinski definition) is 2. The molecule has 0 aliphatic rings. The number of carbonyl (C=O) groups excluding carboxylic acids is 1. The second kappa shape index (κ2) is 7.20. The predicted octanol–water partition coefficient (Wildman–Crippen LogP) is 2.61. The van der Waals surface area contributed by atoms with Crippen LogP contribution in [0.4, 0.5) is 30.6 Å². The lowest BCUT2D eigenvalue weighted by molar-refractivity contribution is -0.141. The molecular formula is C14H14F3N5O3. The van der Waals surface area contributed by atoms with E-state index < -0.39 is 11.9 Å². The van der Waals surface area contributed by atoms with Gasteiger partial charge < -0.3 is 20.1 Å². The fourth-order valence-electron chi connectivity index (χ4n) is 1.80. The third-order valence-corrected chi connectivity index (χ3v) is 2.84. The summed E-state index contributed by atoms with van der Waals surface area (Å²) in [7, 11) is 2.54. The maximum Gasteiger partial charge on any atom is 0.433 e. The Balaban J connectivity index is 2.42. The molecule has 0 atom stereocenters. The van der Waals surface area contributed by atoms with E-state index in [0.717, 1.165) is 0 Å². The monoisotopic (exact) mass is 357 g/mol. The minimum Gasteiger partial charge on any atom is -0.493 e. The average Bonchev–Trinajstić information content (AvgIpc) is 2.53. The topological polar surface area (TPSA) is 98.3 Å². The highest BCUT2D eigenvalue weighted by Gasteiger charge is 2.34. The second-order valence-electron chi connectivity index (χ2n) is 4.69. The zero-order valence-electron chi connectivity index (χ0n) is 13.4. The maximum atomic E-state index is 12.9. The minimum atomic E-state index is -4.67. The lowest BCUT2D eigenvalue weighted by Gasteiger charge is -2.13. The maximum absolute atomic E-state index is 12.9. The standard InChI is InChI=1S/C14H14F3N5O3/c1-7(23)19-11-4-8(9(24-2)6-18-11)20-13-21-10(14(15,16)17)5-12(22-13)25-3/h4-6H,1-3H3,(H2,18,19,20,21,22,23). The predicted molar refractivity (Wildman–Crippen MR) is 82.0 cm³/mol. The van der Waals surface area contributed by atoms with Crippen LogP contribution in [0.5, 0.6) is 11.6 Å². The smallest absolute Gasteiger partial charge is 0.433 e. The molecule has 2 aromatic heterocycles. The van der Waals surface area contributed by atoms with E-state index in [1.807, 2.05) is 0 Å². The molecule has 1 amide bonds. The number of carbonyl (C=O) groups is 1. The van der Waals surface area contributed by atoms with Crippen LogP contribution >= 0.6 is 0 Å². The summed E-state index contributed by atoms with van der Waals surface area (Å²) in [4.78, 5) is 22.3. The Bertz CT molecular complexity index is 783. The first-order chi connectivity index (χ1) is 11.7. The quantitative estimate of drug-likeness (QED) is 0.849. The van der Waals surface area contributed by atoms with E-state index in [2.05, 4.69) is 25.6 Å². The second-order valence-corrected chi connectivity index (χ2v) is 4.69. The highest BCUT2D eigenvalue weighted by Crippen LogP contribution is 2.32. The van der Waals surface area contributed by atoms with E-state index >= 15 is 0 Å². The van der Waals surface area contributed by atoms with Crippen molar-refractivity contribution >= 4 is 23.4 Å². The van der Waals surface area contributed by atoms with Gasteiger partial charge in [-0.2, -0.15) is 18.2 Å². The number of pyridine rings is 1. The van der Waals surface area contributed by atoms with Crippen LogP contribution in [-0.2, 0) is 11.0 Å². The lowest BCUT2D eigenvalue weighted by atomic mass is 10.3. The van der Waals surface area contributed by atoms with Crippen LogP contribution < -0.4 is 20.1 Å². The minimum absolute atomic E-state index is 0.176. The van der Waals surface area contributed by atoms with Gasteiger partial charge in [0.05, 0.1) is 26.1 Å². The summed E-state index contributed by atoms with van der Waals surface area (Å²) < 4.78 is 48.6. The average molecular weight is 357 g/mol. The number of halogens is 3. The molecule has 0 unspecified atom stereocenters. The molecule has 25 heavy (non-hydrogen) atoms. The van der Waals surface area contributed by atoms with Crippen LogP contribution in [0.1, 0.15) is 12.6 Å². The van der Waals surface area contributed by atoms with Crippen LogP contribution in [0.15, 0.2) is 18.3 Å². The number of hydrogen-bond acceptors (Lipinski definition) is 7. The van der Waals surface area contributed by atoms with Crippen molar-refractivity contribution < 1.29 is 27.4 Å². The summed E-state index contributed by atoms with van der Waals surface area (Å²) in [5.41, 5.74) is -0.959. The van der Waals surface area contributed by atoms with Crippen LogP contribution in [0.3, 0.4) is 0 Å². The highest BCUT2D eigenvalue weighted by atomic mass is 19.4. The molecule has 2 aromatic rings. The first-order valence-electron chi connectivity index (χ1n) is 6.82. The van der Waals surface area contributed by atoms with Crippen molar-refractivity contribution in [2.24, 2.45) is 0 Å². The van der Waals surface area contributed by atoms with E-state index in [1.165, 1.54) is 33.4 Å². The Morgan fingerprint density at radius 3 is 2.44 bits per heavy atom. The van der Waals surface area contributed by atoms with E-state index in [0.29, 0.717) is 6.07 Å². The summed E-state index contributed by atoms with van der Waals surface area (Å²) in [5.74, 6) is -0.589. The van der Waals surface area contributed by atoms with E-state index in [9.17, 15) is 18.0 Å². The number of ether oxygens (including phenoxy) is 2. The summed E-state index contributed by atoms with van der Waals surface area (Å²) in [6.45, 7) is 1.29. The van der Waals surface area contributed by atoms with Gasteiger partial charge in [0.2, 0.25) is 17.7 Å². The van der Waals surface area contributed by atoms with Gasteiger partial charge in [0, 0.05) is 19.1 Å². The molecule has 0 aliphatic carbocycles. The number of amides is 1. The molecule has 0 bridgehead atoms. The number of alkyl halides is 3. The third kappa shape index (κ3) is 4.68. The molecule has 8 nitrogen and oxygen atoms in total. The molecule has 134 valence electrons. The number of aromatic nitrogens is 3. The van der Waals surface area contributed by atoms with Gasteiger partial charge in [0.15, 0.2) is 11.4 Å². The number of rotatable bonds is 5. The molecule has 0 aromatic carbocycles. The molecule has 0 aliphatic heterocycles. The van der Waals surface area contributed by atoms with Gasteiger partial charge in [-0.25, -0.2) is 9.97 Å². The molecule has 11 heteroatoms. The summed E-state index contributed by atoms with van der Waals surface area (Å²) in [6, 6.07) is 2.05. The normalized spacial score (nSPS) is 11.0. The number of nitrogens with zero attached hydrogens (tertiary/aromatic N) is 3. The molecular weight excluding hydrogens is 343 g/mol. The molecule has 2 N–H and O–H groups in total. The number of nitrogens with one attached hydrogen (secondary N) is 2. The molecule has 0 saturated heterocycles. The molecule has 2 heterocycles. The first kappa shape index (κ1) is 18.2. The van der Waals surface area contributed by atoms with Crippen molar-refractivity contribution in [3.05, 3.63) is 24.0 Å². The fraction of sp³-hybridized carbons (Fsp3) is 0.286. The van der Waals surface area contributed by atoms with Gasteiger partial charge in [-0.3, -0.25) is 4.79 Å². The zero-order chi connectivity index (χ0) is 18.6. The van der Waals surface area contributed by atoms with Crippen LogP contribution in [0.25, 0.3) is 0 Å². The first-order valence-corrected chi connectivity index (χ1v) is 6.82. The zero-order valence-corrected chi connectivity index (χ0v) is 13.4. The Labute approximate surface area is 140 Å². The highest BCUT2D eigenvalue weighted by molar-refractivity contribution is 5.88. The molecule has 0 fully saturated rings. The van der Waals surface area contributed by atoms with Gasteiger partial charge in [-0.1, -0.05) is 0 Å². The van der Waals surface area contributed by atoms with Gasteiger partial charge in [0.1, 0.15) is 5.82 Å². The van der Waals surface area contributed by atoms with Crippen molar-refractivity contribution in [2.75, 3.05) is 24.9 Å². The van der Waals surface area contributed by atoms with Crippen molar-refractivity contribution in [1.29, 1.82) is 0 Å². The van der Waals surface area contributed by atoms with Crippen molar-refractivity contribution in [1.82, 2.24) is 15.0 Å². The third-order valence-electron chi connectivity index (χ3n) is 2.84. The largest absolute Gasteiger partial charge is 0.493 e. The number of anilines is 3. The molecule has 0 radical (unpaired) electrons. The van der Waals surface area contributed by atoms with E-state index in [-0.39, 0.29) is 35.0 Å². The van der Waals surface area contributed by atoms with E-state index in [4.69, 9.17) is 9.47 Å². The van der Waals surface area contributed by atoms with Gasteiger partial charge in [-0.05, 0) is 0 Å². The Kier molecular flexibility index (Phi) is 5.25. The fourth-order valence-corrected chi connectivity index (χ4v) is 1.80. The van der Waals surface area contributed by atoms with Crippen molar-refractivity contribution in [3.8, 4) is 11.6 Å². The Hall–Kier alpha value is -3.11. The summed E-state index contributed by atoms with van der Waals surface area (Å²) in [5, 5.41) is 5.06. The molecule has 0 spiro atoms. The number of methoxy groups -OCH3 is 2. The van der Waals surface area contributed by atoms with Crippen LogP contribution in [-0.4, -0.2) is 35.1 Å². The summed E-state index contributed by atoms with van der Waals surface area (Å²) >= 11 is 0. The SMILES string of the molecule is COc1cc(C(F)(F)F)nc(Nc2cc(NC(C)=O)ncc2OC)n1.